The molecule has 2 heterocycles. The molecular formula is C16H13ClN2O3S. The van der Waals surface area contributed by atoms with Crippen LogP contribution in [0.15, 0.2) is 34.4 Å². The molecule has 0 bridgehead atoms. The van der Waals surface area contributed by atoms with Crippen LogP contribution in [-0.4, -0.2) is 20.6 Å². The predicted octanol–water partition coefficient (Wildman–Crippen LogP) is 3.42. The standard InChI is InChI=1S/C16H13ClN2O3S/c1-2-12-18-14-13(11(8-23-14)16(21)22)15(20)19(12)7-9-3-5-10(17)6-4-9/h3-6,8H,2,7H2,1H3,(H,21,22). The summed E-state index contributed by atoms with van der Waals surface area (Å²) in [5.41, 5.74) is 0.593. The number of carboxylic acid groups (broad SMARTS) is 1. The normalized spacial score (nSPS) is 11.0. The van der Waals surface area contributed by atoms with Crippen molar-refractivity contribution >= 4 is 39.1 Å². The van der Waals surface area contributed by atoms with Gasteiger partial charge >= 0.3 is 5.97 Å². The molecule has 5 nitrogen and oxygen atoms in total. The molecule has 0 aliphatic carbocycles. The average Bonchev–Trinajstić information content (AvgIpc) is 2.96. The summed E-state index contributed by atoms with van der Waals surface area (Å²) in [5.74, 6) is -0.478. The van der Waals surface area contributed by atoms with Crippen LogP contribution < -0.4 is 5.56 Å². The van der Waals surface area contributed by atoms with Crippen molar-refractivity contribution in [3.63, 3.8) is 0 Å². The third kappa shape index (κ3) is 2.87. The quantitative estimate of drug-likeness (QED) is 0.784. The molecule has 0 aliphatic rings. The molecule has 3 aromatic rings. The Bertz CT molecular complexity index is 944. The van der Waals surface area contributed by atoms with Gasteiger partial charge in [-0.05, 0) is 17.7 Å². The number of rotatable bonds is 4. The summed E-state index contributed by atoms with van der Waals surface area (Å²) in [5, 5.41) is 11.5. The van der Waals surface area contributed by atoms with Crippen LogP contribution in [0, 0.1) is 0 Å². The largest absolute Gasteiger partial charge is 0.478 e. The number of halogens is 1. The predicted molar refractivity (Wildman–Crippen MR) is 90.8 cm³/mol. The van der Waals surface area contributed by atoms with Gasteiger partial charge in [0.25, 0.3) is 5.56 Å². The molecule has 0 spiro atoms. The van der Waals surface area contributed by atoms with Crippen molar-refractivity contribution in [2.45, 2.75) is 19.9 Å². The van der Waals surface area contributed by atoms with Crippen LogP contribution in [-0.2, 0) is 13.0 Å². The summed E-state index contributed by atoms with van der Waals surface area (Å²) in [6.07, 6.45) is 0.582. The van der Waals surface area contributed by atoms with E-state index in [-0.39, 0.29) is 16.5 Å². The smallest absolute Gasteiger partial charge is 0.337 e. The van der Waals surface area contributed by atoms with Gasteiger partial charge in [-0.3, -0.25) is 9.36 Å². The van der Waals surface area contributed by atoms with E-state index in [4.69, 9.17) is 11.6 Å². The Balaban J connectivity index is 2.19. The van der Waals surface area contributed by atoms with Crippen molar-refractivity contribution in [2.75, 3.05) is 0 Å². The molecule has 118 valence electrons. The first kappa shape index (κ1) is 15.7. The first-order chi connectivity index (χ1) is 11.0. The van der Waals surface area contributed by atoms with Gasteiger partial charge in [0, 0.05) is 16.8 Å². The molecule has 3 rings (SSSR count). The summed E-state index contributed by atoms with van der Waals surface area (Å²) < 4.78 is 1.53. The highest BCUT2D eigenvalue weighted by Crippen LogP contribution is 2.22. The van der Waals surface area contributed by atoms with Crippen molar-refractivity contribution in [3.8, 4) is 0 Å². The molecule has 7 heteroatoms. The van der Waals surface area contributed by atoms with Gasteiger partial charge in [0.05, 0.1) is 17.5 Å². The molecule has 1 aromatic carbocycles. The summed E-state index contributed by atoms with van der Waals surface area (Å²) >= 11 is 7.06. The number of hydrogen-bond donors (Lipinski definition) is 1. The van der Waals surface area contributed by atoms with Crippen molar-refractivity contribution < 1.29 is 9.90 Å². The number of carbonyl (C=O) groups is 1. The van der Waals surface area contributed by atoms with Gasteiger partial charge in [0.1, 0.15) is 10.7 Å². The van der Waals surface area contributed by atoms with Crippen LogP contribution in [0.5, 0.6) is 0 Å². The van der Waals surface area contributed by atoms with Gasteiger partial charge in [-0.1, -0.05) is 30.7 Å². The lowest BCUT2D eigenvalue weighted by atomic mass is 10.2. The van der Waals surface area contributed by atoms with E-state index >= 15 is 0 Å². The number of aryl methyl sites for hydroxylation is 1. The molecule has 0 saturated carbocycles. The van der Waals surface area contributed by atoms with E-state index in [1.807, 2.05) is 19.1 Å². The van der Waals surface area contributed by atoms with Gasteiger partial charge in [-0.25, -0.2) is 9.78 Å². The second-order valence-electron chi connectivity index (χ2n) is 5.03. The highest BCUT2D eigenvalue weighted by atomic mass is 35.5. The first-order valence-corrected chi connectivity index (χ1v) is 8.25. The van der Waals surface area contributed by atoms with E-state index in [2.05, 4.69) is 4.98 Å². The van der Waals surface area contributed by atoms with Crippen LogP contribution in [0.1, 0.15) is 28.7 Å². The van der Waals surface area contributed by atoms with Crippen molar-refractivity contribution in [3.05, 3.63) is 62.0 Å². The topological polar surface area (TPSA) is 72.2 Å². The summed E-state index contributed by atoms with van der Waals surface area (Å²) in [4.78, 5) is 29.0. The molecule has 0 aliphatic heterocycles. The Morgan fingerprint density at radius 1 is 1.35 bits per heavy atom. The number of benzene rings is 1. The molecule has 0 fully saturated rings. The maximum Gasteiger partial charge on any atom is 0.337 e. The molecule has 0 amide bonds. The summed E-state index contributed by atoms with van der Waals surface area (Å²) in [7, 11) is 0. The van der Waals surface area contributed by atoms with E-state index in [0.29, 0.717) is 28.6 Å². The number of thiophene rings is 1. The van der Waals surface area contributed by atoms with Crippen molar-refractivity contribution in [1.82, 2.24) is 9.55 Å². The van der Waals surface area contributed by atoms with Crippen LogP contribution in [0.3, 0.4) is 0 Å². The molecule has 0 saturated heterocycles. The summed E-state index contributed by atoms with van der Waals surface area (Å²) in [6, 6.07) is 7.19. The van der Waals surface area contributed by atoms with E-state index in [1.165, 1.54) is 21.3 Å². The van der Waals surface area contributed by atoms with Gasteiger partial charge in [0.2, 0.25) is 0 Å². The molecule has 2 aromatic heterocycles. The third-order valence-electron chi connectivity index (χ3n) is 3.57. The lowest BCUT2D eigenvalue weighted by Crippen LogP contribution is -2.26. The fourth-order valence-corrected chi connectivity index (χ4v) is 3.48. The molecule has 23 heavy (non-hydrogen) atoms. The average molecular weight is 349 g/mol. The fourth-order valence-electron chi connectivity index (χ4n) is 2.43. The van der Waals surface area contributed by atoms with Crippen molar-refractivity contribution in [2.24, 2.45) is 0 Å². The second-order valence-corrected chi connectivity index (χ2v) is 6.33. The Labute approximate surface area is 140 Å². The molecule has 0 atom stereocenters. The monoisotopic (exact) mass is 348 g/mol. The number of aromatic nitrogens is 2. The number of aromatic carboxylic acids is 1. The maximum atomic E-state index is 12.8. The Hall–Kier alpha value is -2.18. The number of fused-ring (bicyclic) bond motifs is 1. The van der Waals surface area contributed by atoms with Gasteiger partial charge < -0.3 is 5.11 Å². The van der Waals surface area contributed by atoms with Crippen molar-refractivity contribution in [1.29, 1.82) is 0 Å². The van der Waals surface area contributed by atoms with Crippen LogP contribution in [0.4, 0.5) is 0 Å². The highest BCUT2D eigenvalue weighted by molar-refractivity contribution is 7.17. The zero-order chi connectivity index (χ0) is 16.6. The SMILES string of the molecule is CCc1nc2scc(C(=O)O)c2c(=O)n1Cc1ccc(Cl)cc1. The van der Waals surface area contributed by atoms with E-state index in [1.54, 1.807) is 12.1 Å². The molecule has 0 radical (unpaired) electrons. The molecule has 0 unspecified atom stereocenters. The Morgan fingerprint density at radius 2 is 2.04 bits per heavy atom. The van der Waals surface area contributed by atoms with Gasteiger partial charge in [-0.15, -0.1) is 11.3 Å². The maximum absolute atomic E-state index is 12.8. The molecule has 1 N–H and O–H groups in total. The van der Waals surface area contributed by atoms with Gasteiger partial charge in [0.15, 0.2) is 0 Å². The highest BCUT2D eigenvalue weighted by Gasteiger charge is 2.19. The van der Waals surface area contributed by atoms with Crippen LogP contribution in [0.25, 0.3) is 10.2 Å². The van der Waals surface area contributed by atoms with E-state index in [0.717, 1.165) is 5.56 Å². The Morgan fingerprint density at radius 3 is 2.65 bits per heavy atom. The van der Waals surface area contributed by atoms with Crippen LogP contribution >= 0.6 is 22.9 Å². The minimum Gasteiger partial charge on any atom is -0.478 e. The Kier molecular flexibility index (Phi) is 4.19. The first-order valence-electron chi connectivity index (χ1n) is 7.00. The minimum atomic E-state index is -1.11. The molecular weight excluding hydrogens is 336 g/mol. The second kappa shape index (κ2) is 6.14. The lowest BCUT2D eigenvalue weighted by Gasteiger charge is -2.11. The van der Waals surface area contributed by atoms with E-state index in [9.17, 15) is 14.7 Å². The number of nitrogens with zero attached hydrogens (tertiary/aromatic N) is 2. The van der Waals surface area contributed by atoms with E-state index < -0.39 is 5.97 Å². The number of carboxylic acids is 1. The van der Waals surface area contributed by atoms with Gasteiger partial charge in [-0.2, -0.15) is 0 Å². The zero-order valence-corrected chi connectivity index (χ0v) is 13.8. The fraction of sp³-hybridized carbons (Fsp3) is 0.188. The third-order valence-corrected chi connectivity index (χ3v) is 4.70. The van der Waals surface area contributed by atoms with Crippen LogP contribution in [0.2, 0.25) is 5.02 Å². The number of hydrogen-bond acceptors (Lipinski definition) is 4. The lowest BCUT2D eigenvalue weighted by molar-refractivity contribution is 0.0699. The zero-order valence-electron chi connectivity index (χ0n) is 12.2. The minimum absolute atomic E-state index is 0.00927. The summed E-state index contributed by atoms with van der Waals surface area (Å²) in [6.45, 7) is 2.24.